The largest absolute Gasteiger partial charge is 0.294 e. The number of hydrogen-bond donors (Lipinski definition) is 0. The van der Waals surface area contributed by atoms with Crippen molar-refractivity contribution in [2.75, 3.05) is 26.2 Å². The highest BCUT2D eigenvalue weighted by Gasteiger charge is 2.29. The summed E-state index contributed by atoms with van der Waals surface area (Å²) in [5.41, 5.74) is 2.12. The summed E-state index contributed by atoms with van der Waals surface area (Å²) in [6, 6.07) is 23.4. The maximum absolute atomic E-state index is 13.2. The second-order valence-corrected chi connectivity index (χ2v) is 10.6. The van der Waals surface area contributed by atoms with Crippen LogP contribution in [0.2, 0.25) is 0 Å². The quantitative estimate of drug-likeness (QED) is 0.451. The van der Waals surface area contributed by atoms with E-state index in [1.165, 1.54) is 0 Å². The first-order valence-corrected chi connectivity index (χ1v) is 12.6. The molecule has 5 nitrogen and oxygen atoms in total. The number of thiazole rings is 1. The van der Waals surface area contributed by atoms with Crippen molar-refractivity contribution in [1.82, 2.24) is 14.2 Å². The van der Waals surface area contributed by atoms with Gasteiger partial charge in [0.25, 0.3) is 0 Å². The van der Waals surface area contributed by atoms with E-state index < -0.39 is 10.0 Å². The molecule has 0 bridgehead atoms. The maximum atomic E-state index is 13.2. The van der Waals surface area contributed by atoms with Crippen LogP contribution >= 0.6 is 11.3 Å². The SMILES string of the molecule is O=S(=O)(c1ccc2ccccc2c1)N1CCN(Cc2nc(-c3ccccc3)cs2)CC1. The Morgan fingerprint density at radius 2 is 1.55 bits per heavy atom. The highest BCUT2D eigenvalue weighted by atomic mass is 32.2. The van der Waals surface area contributed by atoms with E-state index in [0.717, 1.165) is 33.6 Å². The summed E-state index contributed by atoms with van der Waals surface area (Å²) in [5, 5.41) is 5.14. The minimum Gasteiger partial charge on any atom is -0.294 e. The fourth-order valence-corrected chi connectivity index (χ4v) is 6.22. The number of rotatable bonds is 5. The van der Waals surface area contributed by atoms with Gasteiger partial charge < -0.3 is 0 Å². The van der Waals surface area contributed by atoms with Crippen LogP contribution in [0, 0.1) is 0 Å². The first kappa shape index (κ1) is 20.3. The van der Waals surface area contributed by atoms with Gasteiger partial charge in [0, 0.05) is 37.1 Å². The molecule has 7 heteroatoms. The molecule has 0 radical (unpaired) electrons. The molecular weight excluding hydrogens is 426 g/mol. The molecule has 0 amide bonds. The van der Waals surface area contributed by atoms with Gasteiger partial charge in [-0.3, -0.25) is 4.90 Å². The van der Waals surface area contributed by atoms with Crippen molar-refractivity contribution in [1.29, 1.82) is 0 Å². The van der Waals surface area contributed by atoms with Crippen molar-refractivity contribution >= 4 is 32.1 Å². The van der Waals surface area contributed by atoms with Crippen LogP contribution in [-0.4, -0.2) is 48.8 Å². The van der Waals surface area contributed by atoms with E-state index in [1.807, 2.05) is 48.5 Å². The Balaban J connectivity index is 1.24. The summed E-state index contributed by atoms with van der Waals surface area (Å²) in [5.74, 6) is 0. The van der Waals surface area contributed by atoms with Gasteiger partial charge in [0.2, 0.25) is 10.0 Å². The Morgan fingerprint density at radius 1 is 0.839 bits per heavy atom. The molecule has 0 saturated carbocycles. The minimum absolute atomic E-state index is 0.368. The third-order valence-corrected chi connectivity index (χ3v) is 8.40. The lowest BCUT2D eigenvalue weighted by Crippen LogP contribution is -2.48. The van der Waals surface area contributed by atoms with E-state index in [2.05, 4.69) is 22.4 Å². The van der Waals surface area contributed by atoms with Crippen LogP contribution in [0.15, 0.2) is 83.1 Å². The standard InChI is InChI=1S/C24H23N3O2S2/c28-31(29,22-11-10-19-6-4-5-9-21(19)16-22)27-14-12-26(13-15-27)17-24-25-23(18-30-24)20-7-2-1-3-8-20/h1-11,16,18H,12-15,17H2. The molecule has 4 aromatic rings. The zero-order valence-electron chi connectivity index (χ0n) is 17.0. The molecule has 0 unspecified atom stereocenters. The van der Waals surface area contributed by atoms with E-state index in [0.29, 0.717) is 31.1 Å². The van der Waals surface area contributed by atoms with Gasteiger partial charge in [0.05, 0.1) is 17.1 Å². The van der Waals surface area contributed by atoms with Gasteiger partial charge in [-0.1, -0.05) is 60.7 Å². The summed E-state index contributed by atoms with van der Waals surface area (Å²) in [6.07, 6.45) is 0. The summed E-state index contributed by atoms with van der Waals surface area (Å²) in [7, 11) is -3.49. The second kappa shape index (κ2) is 8.51. The Hall–Kier alpha value is -2.58. The monoisotopic (exact) mass is 449 g/mol. The molecule has 1 aromatic heterocycles. The van der Waals surface area contributed by atoms with Gasteiger partial charge in [-0.25, -0.2) is 13.4 Å². The van der Waals surface area contributed by atoms with Crippen LogP contribution < -0.4 is 0 Å². The third kappa shape index (κ3) is 4.27. The first-order valence-electron chi connectivity index (χ1n) is 10.3. The number of hydrogen-bond acceptors (Lipinski definition) is 5. The highest BCUT2D eigenvalue weighted by Crippen LogP contribution is 2.25. The van der Waals surface area contributed by atoms with Crippen molar-refractivity contribution in [2.45, 2.75) is 11.4 Å². The van der Waals surface area contributed by atoms with Crippen LogP contribution in [-0.2, 0) is 16.6 Å². The molecule has 5 rings (SSSR count). The fourth-order valence-electron chi connectivity index (χ4n) is 3.92. The number of nitrogens with zero attached hydrogens (tertiary/aromatic N) is 3. The van der Waals surface area contributed by atoms with Crippen molar-refractivity contribution in [2.24, 2.45) is 0 Å². The number of benzene rings is 3. The lowest BCUT2D eigenvalue weighted by molar-refractivity contribution is 0.181. The Kier molecular flexibility index (Phi) is 5.58. The van der Waals surface area contributed by atoms with Crippen molar-refractivity contribution < 1.29 is 8.42 Å². The molecule has 3 aromatic carbocycles. The molecule has 0 aliphatic carbocycles. The molecule has 0 spiro atoms. The lowest BCUT2D eigenvalue weighted by Gasteiger charge is -2.33. The molecule has 158 valence electrons. The number of piperazine rings is 1. The minimum atomic E-state index is -3.49. The second-order valence-electron chi connectivity index (χ2n) is 7.68. The first-order chi connectivity index (χ1) is 15.1. The summed E-state index contributed by atoms with van der Waals surface area (Å²) >= 11 is 1.66. The molecule has 1 aliphatic rings. The van der Waals surface area contributed by atoms with E-state index in [4.69, 9.17) is 4.98 Å². The highest BCUT2D eigenvalue weighted by molar-refractivity contribution is 7.89. The molecule has 1 aliphatic heterocycles. The average Bonchev–Trinajstić information content (AvgIpc) is 3.28. The lowest BCUT2D eigenvalue weighted by atomic mass is 10.1. The van der Waals surface area contributed by atoms with Gasteiger partial charge >= 0.3 is 0 Å². The molecule has 0 N–H and O–H groups in total. The molecule has 31 heavy (non-hydrogen) atoms. The van der Waals surface area contributed by atoms with Crippen LogP contribution in [0.4, 0.5) is 0 Å². The van der Waals surface area contributed by atoms with Crippen molar-refractivity contribution in [3.8, 4) is 11.3 Å². The Labute approximate surface area is 186 Å². The zero-order chi connectivity index (χ0) is 21.3. The Morgan fingerprint density at radius 3 is 2.32 bits per heavy atom. The molecule has 1 fully saturated rings. The van der Waals surface area contributed by atoms with Crippen LogP contribution in [0.1, 0.15) is 5.01 Å². The van der Waals surface area contributed by atoms with E-state index in [9.17, 15) is 8.42 Å². The van der Waals surface area contributed by atoms with Crippen LogP contribution in [0.5, 0.6) is 0 Å². The summed E-state index contributed by atoms with van der Waals surface area (Å²) < 4.78 is 27.9. The van der Waals surface area contributed by atoms with Crippen LogP contribution in [0.25, 0.3) is 22.0 Å². The molecule has 0 atom stereocenters. The summed E-state index contributed by atoms with van der Waals surface area (Å²) in [6.45, 7) is 3.14. The van der Waals surface area contributed by atoms with Crippen molar-refractivity contribution in [3.63, 3.8) is 0 Å². The fraction of sp³-hybridized carbons (Fsp3) is 0.208. The van der Waals surface area contributed by atoms with Gasteiger partial charge in [0.15, 0.2) is 0 Å². The van der Waals surface area contributed by atoms with E-state index in [-0.39, 0.29) is 0 Å². The van der Waals surface area contributed by atoms with Gasteiger partial charge in [-0.05, 0) is 22.9 Å². The molecular formula is C24H23N3O2S2. The average molecular weight is 450 g/mol. The third-order valence-electron chi connectivity index (χ3n) is 5.67. The predicted octanol–water partition coefficient (Wildman–Crippen LogP) is 4.47. The Bertz CT molecular complexity index is 1290. The van der Waals surface area contributed by atoms with Gasteiger partial charge in [-0.2, -0.15) is 4.31 Å². The zero-order valence-corrected chi connectivity index (χ0v) is 18.6. The molecule has 2 heterocycles. The number of fused-ring (bicyclic) bond motifs is 1. The van der Waals surface area contributed by atoms with Gasteiger partial charge in [0.1, 0.15) is 5.01 Å². The van der Waals surface area contributed by atoms with E-state index in [1.54, 1.807) is 27.8 Å². The van der Waals surface area contributed by atoms with Gasteiger partial charge in [-0.15, -0.1) is 11.3 Å². The van der Waals surface area contributed by atoms with Crippen LogP contribution in [0.3, 0.4) is 0 Å². The normalized spacial score (nSPS) is 16.0. The number of aromatic nitrogens is 1. The van der Waals surface area contributed by atoms with E-state index >= 15 is 0 Å². The smallest absolute Gasteiger partial charge is 0.243 e. The van der Waals surface area contributed by atoms with Crippen molar-refractivity contribution in [3.05, 3.63) is 83.2 Å². The number of sulfonamides is 1. The maximum Gasteiger partial charge on any atom is 0.243 e. The summed E-state index contributed by atoms with van der Waals surface area (Å²) in [4.78, 5) is 7.41. The topological polar surface area (TPSA) is 53.5 Å². The predicted molar refractivity (Wildman–Crippen MR) is 126 cm³/mol. The molecule has 1 saturated heterocycles.